The first-order valence-electron chi connectivity index (χ1n) is 7.26. The first-order chi connectivity index (χ1) is 9.92. The van der Waals surface area contributed by atoms with Gasteiger partial charge in [0, 0.05) is 25.7 Å². The number of hydrogen-bond acceptors (Lipinski definition) is 4. The van der Waals surface area contributed by atoms with E-state index < -0.39 is 10.0 Å². The molecule has 0 heterocycles. The van der Waals surface area contributed by atoms with Crippen molar-refractivity contribution in [1.29, 1.82) is 0 Å². The largest absolute Gasteiger partial charge is 0.383 e. The number of ether oxygens (including phenoxy) is 1. The summed E-state index contributed by atoms with van der Waals surface area (Å²) in [5.41, 5.74) is 2.14. The number of rotatable bonds is 8. The lowest BCUT2D eigenvalue weighted by Gasteiger charge is -2.15. The highest BCUT2D eigenvalue weighted by Gasteiger charge is 2.21. The molecular weight excluding hydrogens is 288 g/mol. The number of hydrogen-bond donors (Lipinski definition) is 2. The lowest BCUT2D eigenvalue weighted by molar-refractivity contribution is 0.180. The Balaban J connectivity index is 2.12. The molecule has 0 aromatic heterocycles. The predicted octanol–water partition coefficient (Wildman–Crippen LogP) is 1.56. The Morgan fingerprint density at radius 2 is 2.10 bits per heavy atom. The lowest BCUT2D eigenvalue weighted by atomic mass is 10.1. The van der Waals surface area contributed by atoms with Crippen molar-refractivity contribution in [1.82, 2.24) is 10.0 Å². The quantitative estimate of drug-likeness (QED) is 0.764. The van der Waals surface area contributed by atoms with Gasteiger partial charge in [-0.2, -0.15) is 0 Å². The molecule has 0 aliphatic heterocycles. The maximum absolute atomic E-state index is 12.3. The summed E-state index contributed by atoms with van der Waals surface area (Å²) in [6.07, 6.45) is 2.43. The van der Waals surface area contributed by atoms with E-state index in [1.54, 1.807) is 26.2 Å². The Hall–Kier alpha value is -0.950. The van der Waals surface area contributed by atoms with Crippen LogP contribution in [0.4, 0.5) is 0 Å². The number of benzene rings is 1. The van der Waals surface area contributed by atoms with Crippen LogP contribution in [0.5, 0.6) is 0 Å². The molecule has 1 aromatic carbocycles. The van der Waals surface area contributed by atoms with Crippen molar-refractivity contribution in [2.75, 3.05) is 13.7 Å². The third-order valence-corrected chi connectivity index (χ3v) is 5.15. The summed E-state index contributed by atoms with van der Waals surface area (Å²) in [4.78, 5) is 0.309. The second-order valence-electron chi connectivity index (χ2n) is 5.72. The van der Waals surface area contributed by atoms with Gasteiger partial charge in [-0.15, -0.1) is 0 Å². The van der Waals surface area contributed by atoms with Crippen molar-refractivity contribution in [2.45, 2.75) is 50.2 Å². The first-order valence-corrected chi connectivity index (χ1v) is 8.75. The molecule has 5 nitrogen and oxygen atoms in total. The van der Waals surface area contributed by atoms with E-state index in [0.29, 0.717) is 24.1 Å². The van der Waals surface area contributed by atoms with E-state index in [4.69, 9.17) is 4.74 Å². The van der Waals surface area contributed by atoms with Crippen LogP contribution in [-0.2, 0) is 21.3 Å². The molecule has 21 heavy (non-hydrogen) atoms. The van der Waals surface area contributed by atoms with Gasteiger partial charge in [-0.05, 0) is 49.9 Å². The Morgan fingerprint density at radius 3 is 2.71 bits per heavy atom. The van der Waals surface area contributed by atoms with Gasteiger partial charge in [0.1, 0.15) is 0 Å². The average molecular weight is 312 g/mol. The van der Waals surface area contributed by atoms with E-state index in [2.05, 4.69) is 10.0 Å². The molecule has 1 aliphatic rings. The molecule has 0 radical (unpaired) electrons. The minimum absolute atomic E-state index is 0.255. The fourth-order valence-corrected chi connectivity index (χ4v) is 3.44. The number of methoxy groups -OCH3 is 1. The van der Waals surface area contributed by atoms with Crippen LogP contribution in [0.15, 0.2) is 23.1 Å². The maximum atomic E-state index is 12.3. The molecule has 1 aromatic rings. The minimum Gasteiger partial charge on any atom is -0.383 e. The van der Waals surface area contributed by atoms with Crippen LogP contribution in [0.2, 0.25) is 0 Å². The van der Waals surface area contributed by atoms with Gasteiger partial charge in [0.05, 0.1) is 11.5 Å². The zero-order valence-electron chi connectivity index (χ0n) is 12.8. The molecule has 0 saturated heterocycles. The minimum atomic E-state index is -3.50. The summed E-state index contributed by atoms with van der Waals surface area (Å²) >= 11 is 0. The highest BCUT2D eigenvalue weighted by atomic mass is 32.2. The molecule has 1 saturated carbocycles. The zero-order chi connectivity index (χ0) is 15.5. The zero-order valence-corrected chi connectivity index (χ0v) is 13.7. The van der Waals surface area contributed by atoms with Gasteiger partial charge in [0.2, 0.25) is 10.0 Å². The van der Waals surface area contributed by atoms with Crippen molar-refractivity contribution in [3.05, 3.63) is 29.3 Å². The lowest BCUT2D eigenvalue weighted by Crippen LogP contribution is -2.35. The summed E-state index contributed by atoms with van der Waals surface area (Å²) < 4.78 is 32.3. The van der Waals surface area contributed by atoms with Gasteiger partial charge in [0.25, 0.3) is 0 Å². The standard InChI is InChI=1S/C15H24N2O3S/c1-11-4-7-15(8-13(11)9-16-14-5-6-14)21(18,19)17-12(2)10-20-3/h4,7-8,12,14,16-17H,5-6,9-10H2,1-3H3. The predicted molar refractivity (Wildman–Crippen MR) is 82.7 cm³/mol. The Morgan fingerprint density at radius 1 is 1.38 bits per heavy atom. The molecule has 6 heteroatoms. The van der Waals surface area contributed by atoms with Gasteiger partial charge in [-0.3, -0.25) is 0 Å². The summed E-state index contributed by atoms with van der Waals surface area (Å²) in [5, 5.41) is 3.42. The van der Waals surface area contributed by atoms with Crippen LogP contribution in [0.3, 0.4) is 0 Å². The molecule has 1 aliphatic carbocycles. The Bertz CT molecular complexity index is 583. The summed E-state index contributed by atoms with van der Waals surface area (Å²) in [6, 6.07) is 5.61. The summed E-state index contributed by atoms with van der Waals surface area (Å²) in [7, 11) is -1.95. The van der Waals surface area contributed by atoms with Crippen molar-refractivity contribution in [2.24, 2.45) is 0 Å². The molecule has 1 fully saturated rings. The molecule has 2 N–H and O–H groups in total. The molecule has 0 bridgehead atoms. The number of aryl methyl sites for hydroxylation is 1. The van der Waals surface area contributed by atoms with E-state index >= 15 is 0 Å². The monoisotopic (exact) mass is 312 g/mol. The number of nitrogens with one attached hydrogen (secondary N) is 2. The van der Waals surface area contributed by atoms with Crippen LogP contribution in [-0.4, -0.2) is 34.2 Å². The molecule has 2 rings (SSSR count). The Kier molecular flexibility index (Phi) is 5.37. The molecule has 0 spiro atoms. The summed E-state index contributed by atoms with van der Waals surface area (Å²) in [6.45, 7) is 4.85. The second kappa shape index (κ2) is 6.87. The highest BCUT2D eigenvalue weighted by Crippen LogP contribution is 2.21. The third-order valence-electron chi connectivity index (χ3n) is 3.56. The molecule has 1 atom stereocenters. The number of sulfonamides is 1. The topological polar surface area (TPSA) is 67.4 Å². The van der Waals surface area contributed by atoms with Crippen LogP contribution < -0.4 is 10.0 Å². The van der Waals surface area contributed by atoms with E-state index in [1.165, 1.54) is 12.8 Å². The van der Waals surface area contributed by atoms with Crippen molar-refractivity contribution in [3.8, 4) is 0 Å². The SMILES string of the molecule is COCC(C)NS(=O)(=O)c1ccc(C)c(CNC2CC2)c1. The fourth-order valence-electron chi connectivity index (χ4n) is 2.16. The third kappa shape index (κ3) is 4.78. The van der Waals surface area contributed by atoms with E-state index in [1.807, 2.05) is 13.0 Å². The molecule has 0 amide bonds. The van der Waals surface area contributed by atoms with Gasteiger partial charge in [0.15, 0.2) is 0 Å². The van der Waals surface area contributed by atoms with E-state index in [9.17, 15) is 8.42 Å². The Labute approximate surface area is 127 Å². The van der Waals surface area contributed by atoms with Crippen LogP contribution in [0.25, 0.3) is 0 Å². The van der Waals surface area contributed by atoms with Crippen molar-refractivity contribution < 1.29 is 13.2 Å². The van der Waals surface area contributed by atoms with Gasteiger partial charge in [-0.1, -0.05) is 6.07 Å². The second-order valence-corrected chi connectivity index (χ2v) is 7.44. The van der Waals surface area contributed by atoms with Gasteiger partial charge < -0.3 is 10.1 Å². The highest BCUT2D eigenvalue weighted by molar-refractivity contribution is 7.89. The van der Waals surface area contributed by atoms with Gasteiger partial charge >= 0.3 is 0 Å². The van der Waals surface area contributed by atoms with Crippen LogP contribution in [0, 0.1) is 6.92 Å². The van der Waals surface area contributed by atoms with E-state index in [-0.39, 0.29) is 6.04 Å². The average Bonchev–Trinajstić information content (AvgIpc) is 3.21. The van der Waals surface area contributed by atoms with Crippen LogP contribution in [0.1, 0.15) is 30.9 Å². The van der Waals surface area contributed by atoms with E-state index in [0.717, 1.165) is 11.1 Å². The molecular formula is C15H24N2O3S. The maximum Gasteiger partial charge on any atom is 0.240 e. The normalized spacial score (nSPS) is 16.9. The first kappa shape index (κ1) is 16.4. The van der Waals surface area contributed by atoms with Crippen LogP contribution >= 0.6 is 0 Å². The van der Waals surface area contributed by atoms with Crippen molar-refractivity contribution >= 4 is 10.0 Å². The van der Waals surface area contributed by atoms with Crippen molar-refractivity contribution in [3.63, 3.8) is 0 Å². The smallest absolute Gasteiger partial charge is 0.240 e. The molecule has 1 unspecified atom stereocenters. The van der Waals surface area contributed by atoms with Gasteiger partial charge in [-0.25, -0.2) is 13.1 Å². The molecule has 118 valence electrons. The summed E-state index contributed by atoms with van der Waals surface area (Å²) in [5.74, 6) is 0. The fraction of sp³-hybridized carbons (Fsp3) is 0.600.